The fourth-order valence-corrected chi connectivity index (χ4v) is 2.82. The topological polar surface area (TPSA) is 38.4 Å². The van der Waals surface area contributed by atoms with Crippen molar-refractivity contribution in [3.05, 3.63) is 35.9 Å². The number of aliphatic imine (C=N–C) groups is 1. The zero-order valence-corrected chi connectivity index (χ0v) is 11.5. The van der Waals surface area contributed by atoms with Gasteiger partial charge in [0.15, 0.2) is 0 Å². The second-order valence-corrected chi connectivity index (χ2v) is 5.89. The second-order valence-electron chi connectivity index (χ2n) is 5.89. The van der Waals surface area contributed by atoms with E-state index in [0.717, 1.165) is 6.54 Å². The Kier molecular flexibility index (Phi) is 4.18. The Hall–Kier alpha value is -1.15. The van der Waals surface area contributed by atoms with Gasteiger partial charge in [-0.25, -0.2) is 0 Å². The molecule has 0 amide bonds. The lowest BCUT2D eigenvalue weighted by molar-refractivity contribution is 0.605. The minimum Gasteiger partial charge on any atom is -0.321 e. The molecule has 2 N–H and O–H groups in total. The molecule has 0 aliphatic heterocycles. The zero-order chi connectivity index (χ0) is 13.0. The fraction of sp³-hybridized carbons (Fsp3) is 0.562. The molecule has 0 saturated heterocycles. The van der Waals surface area contributed by atoms with Crippen LogP contribution in [0.1, 0.15) is 45.1 Å². The van der Waals surface area contributed by atoms with Crippen molar-refractivity contribution in [2.75, 3.05) is 0 Å². The van der Waals surface area contributed by atoms with Crippen molar-refractivity contribution in [2.24, 2.45) is 16.6 Å². The van der Waals surface area contributed by atoms with Crippen LogP contribution >= 0.6 is 0 Å². The van der Waals surface area contributed by atoms with Crippen molar-refractivity contribution in [2.45, 2.75) is 51.6 Å². The summed E-state index contributed by atoms with van der Waals surface area (Å²) in [6.45, 7) is 4.91. The Balaban J connectivity index is 2.13. The van der Waals surface area contributed by atoms with Gasteiger partial charge in [0.1, 0.15) is 0 Å². The summed E-state index contributed by atoms with van der Waals surface area (Å²) in [5.74, 6) is 0.605. The average Bonchev–Trinajstić information content (AvgIpc) is 2.82. The summed E-state index contributed by atoms with van der Waals surface area (Å²) in [6, 6.07) is 10.4. The van der Waals surface area contributed by atoms with Gasteiger partial charge in [0.25, 0.3) is 0 Å². The second kappa shape index (κ2) is 5.66. The van der Waals surface area contributed by atoms with E-state index in [1.165, 1.54) is 37.0 Å². The molecule has 1 aliphatic carbocycles. The zero-order valence-electron chi connectivity index (χ0n) is 11.5. The third-order valence-corrected chi connectivity index (χ3v) is 3.68. The summed E-state index contributed by atoms with van der Waals surface area (Å²) >= 11 is 0. The van der Waals surface area contributed by atoms with Crippen LogP contribution in [0.4, 0.5) is 0 Å². The molecule has 0 unspecified atom stereocenters. The summed E-state index contributed by atoms with van der Waals surface area (Å²) < 4.78 is 0. The molecular formula is C16H24N2. The Bertz CT molecular complexity index is 395. The van der Waals surface area contributed by atoms with E-state index in [1.54, 1.807) is 0 Å². The molecule has 2 rings (SSSR count). The third-order valence-electron chi connectivity index (χ3n) is 3.68. The number of hydrogen-bond donors (Lipinski definition) is 1. The maximum absolute atomic E-state index is 6.29. The van der Waals surface area contributed by atoms with Gasteiger partial charge in [-0.15, -0.1) is 0 Å². The van der Waals surface area contributed by atoms with Crippen LogP contribution in [-0.2, 0) is 6.54 Å². The van der Waals surface area contributed by atoms with Crippen molar-refractivity contribution < 1.29 is 0 Å². The molecule has 1 aromatic rings. The molecule has 0 aromatic heterocycles. The maximum atomic E-state index is 6.29. The molecular weight excluding hydrogens is 220 g/mol. The highest BCUT2D eigenvalue weighted by Gasteiger charge is 2.29. The van der Waals surface area contributed by atoms with E-state index < -0.39 is 0 Å². The minimum atomic E-state index is -0.288. The highest BCUT2D eigenvalue weighted by atomic mass is 14.8. The van der Waals surface area contributed by atoms with Crippen molar-refractivity contribution >= 4 is 5.71 Å². The number of rotatable bonds is 4. The molecule has 2 nitrogen and oxygen atoms in total. The lowest BCUT2D eigenvalue weighted by atomic mass is 9.87. The number of hydrogen-bond acceptors (Lipinski definition) is 2. The smallest absolute Gasteiger partial charge is 0.0640 e. The molecule has 2 heteroatoms. The number of nitrogens with two attached hydrogens (primary N) is 1. The fourth-order valence-electron chi connectivity index (χ4n) is 2.82. The summed E-state index contributed by atoms with van der Waals surface area (Å²) in [5, 5.41) is 0. The van der Waals surface area contributed by atoms with Gasteiger partial charge < -0.3 is 5.73 Å². The van der Waals surface area contributed by atoms with E-state index in [2.05, 4.69) is 38.1 Å². The lowest BCUT2D eigenvalue weighted by Crippen LogP contribution is -2.45. The summed E-state index contributed by atoms with van der Waals surface area (Å²) in [6.07, 6.45) is 5.17. The van der Waals surface area contributed by atoms with Crippen molar-refractivity contribution in [3.63, 3.8) is 0 Å². The first-order valence-electron chi connectivity index (χ1n) is 6.95. The molecule has 0 spiro atoms. The molecule has 1 aliphatic rings. The maximum Gasteiger partial charge on any atom is 0.0640 e. The van der Waals surface area contributed by atoms with E-state index >= 15 is 0 Å². The molecule has 1 fully saturated rings. The summed E-state index contributed by atoms with van der Waals surface area (Å²) in [5.41, 5.74) is 8.48. The highest BCUT2D eigenvalue weighted by Crippen LogP contribution is 2.29. The first-order valence-corrected chi connectivity index (χ1v) is 6.95. The highest BCUT2D eigenvalue weighted by molar-refractivity contribution is 5.94. The summed E-state index contributed by atoms with van der Waals surface area (Å²) in [7, 11) is 0. The summed E-state index contributed by atoms with van der Waals surface area (Å²) in [4.78, 5) is 4.84. The van der Waals surface area contributed by atoms with Crippen LogP contribution in [0.15, 0.2) is 35.3 Å². The van der Waals surface area contributed by atoms with Crippen molar-refractivity contribution in [1.82, 2.24) is 0 Å². The van der Waals surface area contributed by atoms with Crippen LogP contribution in [0, 0.1) is 5.92 Å². The van der Waals surface area contributed by atoms with Gasteiger partial charge in [-0.2, -0.15) is 0 Å². The van der Waals surface area contributed by atoms with Crippen LogP contribution in [0.2, 0.25) is 0 Å². The Morgan fingerprint density at radius 3 is 2.39 bits per heavy atom. The molecule has 0 atom stereocenters. The SMILES string of the molecule is CC(C)(N)/C(=N\Cc1ccccc1)C1CCCC1. The normalized spacial score (nSPS) is 18.3. The predicted octanol–water partition coefficient (Wildman–Crippen LogP) is 3.56. The van der Waals surface area contributed by atoms with E-state index in [4.69, 9.17) is 10.7 Å². The van der Waals surface area contributed by atoms with Gasteiger partial charge in [0.2, 0.25) is 0 Å². The number of nitrogens with zero attached hydrogens (tertiary/aromatic N) is 1. The molecule has 98 valence electrons. The molecule has 0 bridgehead atoms. The monoisotopic (exact) mass is 244 g/mol. The Morgan fingerprint density at radius 2 is 1.83 bits per heavy atom. The number of benzene rings is 1. The van der Waals surface area contributed by atoms with Gasteiger partial charge in [-0.1, -0.05) is 43.2 Å². The van der Waals surface area contributed by atoms with Crippen LogP contribution in [-0.4, -0.2) is 11.3 Å². The van der Waals surface area contributed by atoms with E-state index in [9.17, 15) is 0 Å². The van der Waals surface area contributed by atoms with Crippen LogP contribution in [0.3, 0.4) is 0 Å². The molecule has 0 radical (unpaired) electrons. The lowest BCUT2D eigenvalue weighted by Gasteiger charge is -2.26. The molecule has 0 heterocycles. The third kappa shape index (κ3) is 3.42. The Labute approximate surface area is 110 Å². The van der Waals surface area contributed by atoms with E-state index in [0.29, 0.717) is 5.92 Å². The van der Waals surface area contributed by atoms with Crippen LogP contribution in [0.5, 0.6) is 0 Å². The van der Waals surface area contributed by atoms with E-state index in [-0.39, 0.29) is 5.54 Å². The van der Waals surface area contributed by atoms with Crippen molar-refractivity contribution in [1.29, 1.82) is 0 Å². The van der Waals surface area contributed by atoms with Gasteiger partial charge >= 0.3 is 0 Å². The molecule has 18 heavy (non-hydrogen) atoms. The molecule has 1 saturated carbocycles. The van der Waals surface area contributed by atoms with Gasteiger partial charge in [-0.05, 0) is 38.2 Å². The van der Waals surface area contributed by atoms with Gasteiger partial charge in [-0.3, -0.25) is 4.99 Å². The van der Waals surface area contributed by atoms with Crippen LogP contribution in [0.25, 0.3) is 0 Å². The van der Waals surface area contributed by atoms with Gasteiger partial charge in [0.05, 0.1) is 6.54 Å². The largest absolute Gasteiger partial charge is 0.321 e. The Morgan fingerprint density at radius 1 is 1.22 bits per heavy atom. The predicted molar refractivity (Wildman–Crippen MR) is 77.8 cm³/mol. The van der Waals surface area contributed by atoms with Gasteiger partial charge in [0, 0.05) is 11.3 Å². The van der Waals surface area contributed by atoms with Crippen molar-refractivity contribution in [3.8, 4) is 0 Å². The van der Waals surface area contributed by atoms with Crippen LogP contribution < -0.4 is 5.73 Å². The average molecular weight is 244 g/mol. The molecule has 1 aromatic carbocycles. The first-order chi connectivity index (χ1) is 8.57. The first kappa shape index (κ1) is 13.3. The minimum absolute atomic E-state index is 0.288. The quantitative estimate of drug-likeness (QED) is 0.808. The standard InChI is InChI=1S/C16H24N2/c1-16(2,17)15(14-10-6-7-11-14)18-12-13-8-4-3-5-9-13/h3-5,8-9,14H,6-7,10-12,17H2,1-2H3/b18-15-. The van der Waals surface area contributed by atoms with E-state index in [1.807, 2.05) is 6.07 Å².